The molecule has 1 nitrogen and oxygen atoms in total. The highest BCUT2D eigenvalue weighted by Gasteiger charge is 2.07. The van der Waals surface area contributed by atoms with E-state index >= 15 is 0 Å². The SMILES string of the molecule is CCCCCCc1cccc2[nH]c(C)c(C)c12. The normalized spacial score (nSPS) is 11.2. The van der Waals surface area contributed by atoms with Crippen molar-refractivity contribution in [1.29, 1.82) is 0 Å². The highest BCUT2D eigenvalue weighted by atomic mass is 14.7. The molecule has 2 aromatic rings. The fourth-order valence-electron chi connectivity index (χ4n) is 2.58. The Balaban J connectivity index is 2.21. The minimum absolute atomic E-state index is 1.22. The molecule has 0 fully saturated rings. The molecule has 0 unspecified atom stereocenters. The lowest BCUT2D eigenvalue weighted by atomic mass is 10.0. The molecule has 1 aromatic carbocycles. The molecule has 1 N–H and O–H groups in total. The quantitative estimate of drug-likeness (QED) is 0.701. The molecule has 0 radical (unpaired) electrons. The Hall–Kier alpha value is -1.24. The molecule has 0 spiro atoms. The second-order valence-electron chi connectivity index (χ2n) is 5.03. The van der Waals surface area contributed by atoms with Crippen molar-refractivity contribution in [2.75, 3.05) is 0 Å². The molecular weight excluding hydrogens is 206 g/mol. The molecule has 0 aliphatic rings. The van der Waals surface area contributed by atoms with Crippen LogP contribution in [0.25, 0.3) is 10.9 Å². The number of unbranched alkanes of at least 4 members (excludes halogenated alkanes) is 3. The number of rotatable bonds is 5. The van der Waals surface area contributed by atoms with Crippen LogP contribution in [0.4, 0.5) is 0 Å². The Bertz CT molecular complexity index is 493. The van der Waals surface area contributed by atoms with E-state index in [-0.39, 0.29) is 0 Å². The third kappa shape index (κ3) is 2.54. The van der Waals surface area contributed by atoms with Gasteiger partial charge in [-0.1, -0.05) is 38.3 Å². The van der Waals surface area contributed by atoms with Gasteiger partial charge in [-0.25, -0.2) is 0 Å². The summed E-state index contributed by atoms with van der Waals surface area (Å²) in [5.74, 6) is 0. The first-order valence-corrected chi connectivity index (χ1v) is 6.80. The van der Waals surface area contributed by atoms with Crippen LogP contribution in [0.1, 0.15) is 49.4 Å². The Morgan fingerprint density at radius 1 is 1.06 bits per heavy atom. The summed E-state index contributed by atoms with van der Waals surface area (Å²) in [5.41, 5.74) is 5.54. The van der Waals surface area contributed by atoms with Crippen LogP contribution >= 0.6 is 0 Å². The van der Waals surface area contributed by atoms with Crippen molar-refractivity contribution in [3.05, 3.63) is 35.0 Å². The summed E-state index contributed by atoms with van der Waals surface area (Å²) in [5, 5.41) is 1.46. The van der Waals surface area contributed by atoms with Crippen molar-refractivity contribution >= 4 is 10.9 Å². The molecule has 1 heterocycles. The van der Waals surface area contributed by atoms with Gasteiger partial charge in [-0.05, 0) is 43.9 Å². The topological polar surface area (TPSA) is 15.8 Å². The fourth-order valence-corrected chi connectivity index (χ4v) is 2.58. The third-order valence-electron chi connectivity index (χ3n) is 3.71. The molecular formula is C16H23N. The van der Waals surface area contributed by atoms with Crippen LogP contribution in [0.3, 0.4) is 0 Å². The molecule has 17 heavy (non-hydrogen) atoms. The van der Waals surface area contributed by atoms with Gasteiger partial charge in [-0.3, -0.25) is 0 Å². The number of hydrogen-bond acceptors (Lipinski definition) is 0. The number of fused-ring (bicyclic) bond motifs is 1. The first kappa shape index (κ1) is 12.2. The van der Waals surface area contributed by atoms with E-state index in [1.807, 2.05) is 0 Å². The van der Waals surface area contributed by atoms with Crippen LogP contribution in [-0.2, 0) is 6.42 Å². The highest BCUT2D eigenvalue weighted by molar-refractivity contribution is 5.87. The van der Waals surface area contributed by atoms with E-state index < -0.39 is 0 Å². The van der Waals surface area contributed by atoms with E-state index in [1.54, 1.807) is 0 Å². The standard InChI is InChI=1S/C16H23N/c1-4-5-6-7-9-14-10-8-11-15-16(14)12(2)13(3)17-15/h8,10-11,17H,4-7,9H2,1-3H3. The Labute approximate surface area is 104 Å². The Kier molecular flexibility index (Phi) is 3.88. The predicted molar refractivity (Wildman–Crippen MR) is 75.6 cm³/mol. The number of aromatic amines is 1. The summed E-state index contributed by atoms with van der Waals surface area (Å²) in [6.45, 7) is 6.65. The van der Waals surface area contributed by atoms with Crippen LogP contribution in [-0.4, -0.2) is 4.98 Å². The zero-order valence-corrected chi connectivity index (χ0v) is 11.3. The zero-order chi connectivity index (χ0) is 12.3. The number of aromatic nitrogens is 1. The second-order valence-corrected chi connectivity index (χ2v) is 5.03. The minimum atomic E-state index is 1.22. The van der Waals surface area contributed by atoms with Crippen LogP contribution in [0.5, 0.6) is 0 Å². The van der Waals surface area contributed by atoms with Gasteiger partial charge in [0.15, 0.2) is 0 Å². The summed E-state index contributed by atoms with van der Waals surface area (Å²) >= 11 is 0. The van der Waals surface area contributed by atoms with Gasteiger partial charge in [0.05, 0.1) is 0 Å². The predicted octanol–water partition coefficient (Wildman–Crippen LogP) is 4.91. The van der Waals surface area contributed by atoms with Crippen LogP contribution in [0, 0.1) is 13.8 Å². The van der Waals surface area contributed by atoms with Gasteiger partial charge in [0.2, 0.25) is 0 Å². The van der Waals surface area contributed by atoms with Gasteiger partial charge in [0.25, 0.3) is 0 Å². The maximum absolute atomic E-state index is 3.47. The Morgan fingerprint density at radius 2 is 1.88 bits per heavy atom. The second kappa shape index (κ2) is 5.39. The lowest BCUT2D eigenvalue weighted by molar-refractivity contribution is 0.668. The largest absolute Gasteiger partial charge is 0.358 e. The molecule has 0 bridgehead atoms. The molecule has 0 amide bonds. The molecule has 0 saturated carbocycles. The number of hydrogen-bond donors (Lipinski definition) is 1. The van der Waals surface area contributed by atoms with Gasteiger partial charge in [-0.2, -0.15) is 0 Å². The summed E-state index contributed by atoms with van der Waals surface area (Å²) in [6.07, 6.45) is 6.56. The first-order valence-electron chi connectivity index (χ1n) is 6.80. The fraction of sp³-hybridized carbons (Fsp3) is 0.500. The van der Waals surface area contributed by atoms with Crippen LogP contribution < -0.4 is 0 Å². The third-order valence-corrected chi connectivity index (χ3v) is 3.71. The molecule has 1 heteroatoms. The molecule has 0 atom stereocenters. The lowest BCUT2D eigenvalue weighted by Gasteiger charge is -2.04. The van der Waals surface area contributed by atoms with E-state index in [4.69, 9.17) is 0 Å². The average Bonchev–Trinajstić information content (AvgIpc) is 2.62. The molecule has 0 saturated heterocycles. The first-order chi connectivity index (χ1) is 8.24. The van der Waals surface area contributed by atoms with E-state index in [0.29, 0.717) is 0 Å². The van der Waals surface area contributed by atoms with Crippen molar-refractivity contribution < 1.29 is 0 Å². The number of aryl methyl sites for hydroxylation is 3. The smallest absolute Gasteiger partial charge is 0.0461 e. The summed E-state index contributed by atoms with van der Waals surface area (Å²) in [4.78, 5) is 3.47. The lowest BCUT2D eigenvalue weighted by Crippen LogP contribution is -1.88. The Morgan fingerprint density at radius 3 is 2.65 bits per heavy atom. The molecule has 2 rings (SSSR count). The van der Waals surface area contributed by atoms with Crippen LogP contribution in [0.15, 0.2) is 18.2 Å². The summed E-state index contributed by atoms with van der Waals surface area (Å²) in [6, 6.07) is 6.65. The minimum Gasteiger partial charge on any atom is -0.358 e. The summed E-state index contributed by atoms with van der Waals surface area (Å²) < 4.78 is 0. The van der Waals surface area contributed by atoms with Crippen LogP contribution in [0.2, 0.25) is 0 Å². The van der Waals surface area contributed by atoms with Gasteiger partial charge in [0.1, 0.15) is 0 Å². The zero-order valence-electron chi connectivity index (χ0n) is 11.3. The van der Waals surface area contributed by atoms with Gasteiger partial charge < -0.3 is 4.98 Å². The maximum Gasteiger partial charge on any atom is 0.0461 e. The molecule has 0 aliphatic carbocycles. The van der Waals surface area contributed by atoms with Gasteiger partial charge >= 0.3 is 0 Å². The molecule has 0 aliphatic heterocycles. The number of benzene rings is 1. The van der Waals surface area contributed by atoms with Crippen molar-refractivity contribution in [3.63, 3.8) is 0 Å². The van der Waals surface area contributed by atoms with Gasteiger partial charge in [-0.15, -0.1) is 0 Å². The van der Waals surface area contributed by atoms with Gasteiger partial charge in [0, 0.05) is 16.6 Å². The van der Waals surface area contributed by atoms with Crippen molar-refractivity contribution in [2.45, 2.75) is 52.9 Å². The molecule has 92 valence electrons. The van der Waals surface area contributed by atoms with E-state index in [1.165, 1.54) is 59.8 Å². The van der Waals surface area contributed by atoms with Crippen molar-refractivity contribution in [1.82, 2.24) is 4.98 Å². The maximum atomic E-state index is 3.47. The highest BCUT2D eigenvalue weighted by Crippen LogP contribution is 2.26. The summed E-state index contributed by atoms with van der Waals surface area (Å²) in [7, 11) is 0. The van der Waals surface area contributed by atoms with E-state index in [9.17, 15) is 0 Å². The van der Waals surface area contributed by atoms with Crippen molar-refractivity contribution in [3.8, 4) is 0 Å². The van der Waals surface area contributed by atoms with E-state index in [2.05, 4.69) is 44.0 Å². The number of nitrogens with one attached hydrogen (secondary N) is 1. The molecule has 1 aromatic heterocycles. The monoisotopic (exact) mass is 229 g/mol. The van der Waals surface area contributed by atoms with E-state index in [0.717, 1.165) is 0 Å². The average molecular weight is 229 g/mol. The van der Waals surface area contributed by atoms with Crippen molar-refractivity contribution in [2.24, 2.45) is 0 Å². The number of H-pyrrole nitrogens is 1.